The molecule has 172 valence electrons. The average molecular weight is 477 g/mol. The summed E-state index contributed by atoms with van der Waals surface area (Å²) in [5.41, 5.74) is 2.32. The molecule has 0 aliphatic rings. The molecule has 0 unspecified atom stereocenters. The van der Waals surface area contributed by atoms with Crippen LogP contribution < -0.4 is 15.4 Å². The van der Waals surface area contributed by atoms with E-state index >= 15 is 0 Å². The molecule has 0 radical (unpaired) electrons. The monoisotopic (exact) mass is 476 g/mol. The Morgan fingerprint density at radius 2 is 1.59 bits per heavy atom. The molecule has 0 aliphatic heterocycles. The summed E-state index contributed by atoms with van der Waals surface area (Å²) in [6.07, 6.45) is 0. The quantitative estimate of drug-likeness (QED) is 0.330. The Morgan fingerprint density at radius 1 is 0.941 bits per heavy atom. The highest BCUT2D eigenvalue weighted by Gasteiger charge is 2.12. The Hall–Kier alpha value is -4.38. The second-order valence-electron chi connectivity index (χ2n) is 6.99. The van der Waals surface area contributed by atoms with Crippen molar-refractivity contribution in [3.05, 3.63) is 78.4 Å². The normalized spacial score (nSPS) is 10.5. The first kappa shape index (κ1) is 22.8. The lowest BCUT2D eigenvalue weighted by atomic mass is 10.2. The minimum Gasteiger partial charge on any atom is -0.508 e. The maximum atomic E-state index is 12.4. The van der Waals surface area contributed by atoms with E-state index in [0.29, 0.717) is 33.5 Å². The van der Waals surface area contributed by atoms with Crippen molar-refractivity contribution in [1.82, 2.24) is 20.2 Å². The van der Waals surface area contributed by atoms with Crippen LogP contribution in [0, 0.1) is 0 Å². The maximum absolute atomic E-state index is 12.4. The van der Waals surface area contributed by atoms with Crippen LogP contribution in [0.5, 0.6) is 11.5 Å². The molecule has 1 aromatic heterocycles. The number of carbonyl (C=O) groups is 2. The summed E-state index contributed by atoms with van der Waals surface area (Å²) in [4.78, 5) is 24.8. The van der Waals surface area contributed by atoms with Crippen LogP contribution in [-0.2, 0) is 4.79 Å². The fraction of sp³-hybridized carbons (Fsp3) is 0.0870. The Kier molecular flexibility index (Phi) is 7.04. The zero-order chi connectivity index (χ0) is 23.9. The number of phenols is 1. The lowest BCUT2D eigenvalue weighted by molar-refractivity contribution is -0.113. The number of amides is 2. The van der Waals surface area contributed by atoms with Crippen molar-refractivity contribution in [3.8, 4) is 17.2 Å². The number of hydrogen-bond acceptors (Lipinski definition) is 8. The molecule has 0 atom stereocenters. The molecule has 0 saturated heterocycles. The van der Waals surface area contributed by atoms with Gasteiger partial charge >= 0.3 is 0 Å². The molecule has 0 bridgehead atoms. The first-order valence-corrected chi connectivity index (χ1v) is 11.1. The number of nitrogens with zero attached hydrogens (tertiary/aromatic N) is 4. The Balaban J connectivity index is 1.30. The van der Waals surface area contributed by atoms with Crippen molar-refractivity contribution < 1.29 is 19.4 Å². The molecule has 4 aromatic rings. The summed E-state index contributed by atoms with van der Waals surface area (Å²) < 4.78 is 6.58. The molecule has 1 heterocycles. The highest BCUT2D eigenvalue weighted by Crippen LogP contribution is 2.21. The van der Waals surface area contributed by atoms with Gasteiger partial charge in [-0.2, -0.15) is 4.68 Å². The number of thioether (sulfide) groups is 1. The van der Waals surface area contributed by atoms with Crippen molar-refractivity contribution in [2.24, 2.45) is 0 Å². The molecule has 4 rings (SSSR count). The second kappa shape index (κ2) is 10.5. The van der Waals surface area contributed by atoms with Crippen molar-refractivity contribution in [1.29, 1.82) is 0 Å². The van der Waals surface area contributed by atoms with E-state index in [1.807, 2.05) is 0 Å². The van der Waals surface area contributed by atoms with E-state index in [1.165, 1.54) is 28.6 Å². The minimum atomic E-state index is -0.264. The van der Waals surface area contributed by atoms with Gasteiger partial charge in [0.25, 0.3) is 5.91 Å². The Morgan fingerprint density at radius 3 is 2.26 bits per heavy atom. The van der Waals surface area contributed by atoms with E-state index in [4.69, 9.17) is 4.74 Å². The van der Waals surface area contributed by atoms with Gasteiger partial charge in [0.1, 0.15) is 11.5 Å². The Labute approximate surface area is 198 Å². The highest BCUT2D eigenvalue weighted by molar-refractivity contribution is 7.99. The molecule has 0 spiro atoms. The molecule has 34 heavy (non-hydrogen) atoms. The number of methoxy groups -OCH3 is 1. The largest absolute Gasteiger partial charge is 0.508 e. The van der Waals surface area contributed by atoms with Gasteiger partial charge in [-0.05, 0) is 83.2 Å². The van der Waals surface area contributed by atoms with Gasteiger partial charge in [0.2, 0.25) is 11.1 Å². The number of aromatic hydroxyl groups is 1. The fourth-order valence-corrected chi connectivity index (χ4v) is 3.63. The molecule has 10 nitrogen and oxygen atoms in total. The van der Waals surface area contributed by atoms with Gasteiger partial charge in [0.15, 0.2) is 0 Å². The summed E-state index contributed by atoms with van der Waals surface area (Å²) in [6, 6.07) is 20.0. The van der Waals surface area contributed by atoms with Crippen LogP contribution in [0.2, 0.25) is 0 Å². The van der Waals surface area contributed by atoms with Crippen molar-refractivity contribution in [2.45, 2.75) is 5.16 Å². The molecule has 11 heteroatoms. The molecule has 2 amide bonds. The van der Waals surface area contributed by atoms with E-state index in [2.05, 4.69) is 26.2 Å². The molecular weight excluding hydrogens is 456 g/mol. The minimum absolute atomic E-state index is 0.0815. The molecule has 0 aliphatic carbocycles. The van der Waals surface area contributed by atoms with Crippen LogP contribution >= 0.6 is 11.8 Å². The maximum Gasteiger partial charge on any atom is 0.255 e. The van der Waals surface area contributed by atoms with Gasteiger partial charge in [-0.15, -0.1) is 5.10 Å². The van der Waals surface area contributed by atoms with Crippen LogP contribution in [0.3, 0.4) is 0 Å². The zero-order valence-electron chi connectivity index (χ0n) is 18.0. The van der Waals surface area contributed by atoms with E-state index in [0.717, 1.165) is 0 Å². The van der Waals surface area contributed by atoms with Crippen LogP contribution in [0.4, 0.5) is 11.4 Å². The topological polar surface area (TPSA) is 131 Å². The van der Waals surface area contributed by atoms with Gasteiger partial charge in [-0.1, -0.05) is 11.8 Å². The SMILES string of the molecule is COc1ccc(NC(=O)c2ccc(NC(=O)CSc3nnnn3-c3ccc(O)cc3)cc2)cc1. The fourth-order valence-electron chi connectivity index (χ4n) is 2.93. The van der Waals surface area contributed by atoms with E-state index < -0.39 is 0 Å². The Bertz CT molecular complexity index is 1270. The summed E-state index contributed by atoms with van der Waals surface area (Å²) in [6.45, 7) is 0. The summed E-state index contributed by atoms with van der Waals surface area (Å²) in [5.74, 6) is 0.404. The predicted molar refractivity (Wildman–Crippen MR) is 128 cm³/mol. The van der Waals surface area contributed by atoms with Crippen LogP contribution in [0.25, 0.3) is 5.69 Å². The highest BCUT2D eigenvalue weighted by atomic mass is 32.2. The number of rotatable bonds is 8. The summed E-state index contributed by atoms with van der Waals surface area (Å²) in [7, 11) is 1.58. The van der Waals surface area contributed by atoms with E-state index in [9.17, 15) is 14.7 Å². The van der Waals surface area contributed by atoms with Gasteiger partial charge in [0, 0.05) is 16.9 Å². The van der Waals surface area contributed by atoms with Crippen LogP contribution in [0.1, 0.15) is 10.4 Å². The van der Waals surface area contributed by atoms with Gasteiger partial charge in [-0.3, -0.25) is 9.59 Å². The first-order valence-electron chi connectivity index (χ1n) is 10.1. The number of nitrogens with one attached hydrogen (secondary N) is 2. The molecule has 0 saturated carbocycles. The molecule has 0 fully saturated rings. The number of phenolic OH excluding ortho intramolecular Hbond substituents is 1. The number of carbonyl (C=O) groups excluding carboxylic acids is 2. The van der Waals surface area contributed by atoms with E-state index in [1.54, 1.807) is 67.8 Å². The lowest BCUT2D eigenvalue weighted by Gasteiger charge is -2.08. The van der Waals surface area contributed by atoms with Crippen LogP contribution in [0.15, 0.2) is 78.0 Å². The third kappa shape index (κ3) is 5.70. The van der Waals surface area contributed by atoms with Crippen LogP contribution in [-0.4, -0.2) is 50.0 Å². The van der Waals surface area contributed by atoms with Crippen molar-refractivity contribution >= 4 is 35.0 Å². The first-order chi connectivity index (χ1) is 16.5. The van der Waals surface area contributed by atoms with Gasteiger partial charge in [-0.25, -0.2) is 0 Å². The number of benzene rings is 3. The standard InChI is InChI=1S/C23H20N6O4S/c1-33-20-12-6-17(7-13-20)25-22(32)15-2-4-16(5-3-15)24-21(31)14-34-23-26-27-28-29(23)18-8-10-19(30)11-9-18/h2-13,30H,14H2,1H3,(H,24,31)(H,25,32). The number of hydrogen-bond donors (Lipinski definition) is 3. The number of tetrazole rings is 1. The molecular formula is C23H20N6O4S. The molecule has 3 aromatic carbocycles. The van der Waals surface area contributed by atoms with E-state index in [-0.39, 0.29) is 23.3 Å². The average Bonchev–Trinajstić information content (AvgIpc) is 3.33. The summed E-state index contributed by atoms with van der Waals surface area (Å²) in [5, 5.41) is 27.0. The third-order valence-electron chi connectivity index (χ3n) is 4.65. The van der Waals surface area contributed by atoms with Gasteiger partial charge < -0.3 is 20.5 Å². The number of anilines is 2. The third-order valence-corrected chi connectivity index (χ3v) is 5.57. The summed E-state index contributed by atoms with van der Waals surface area (Å²) >= 11 is 1.17. The number of aromatic nitrogens is 4. The molecule has 3 N–H and O–H groups in total. The zero-order valence-corrected chi connectivity index (χ0v) is 18.8. The second-order valence-corrected chi connectivity index (χ2v) is 7.93. The number of ether oxygens (including phenoxy) is 1. The predicted octanol–water partition coefficient (Wildman–Crippen LogP) is 3.36. The van der Waals surface area contributed by atoms with Crippen molar-refractivity contribution in [3.63, 3.8) is 0 Å². The van der Waals surface area contributed by atoms with Gasteiger partial charge in [0.05, 0.1) is 18.6 Å². The van der Waals surface area contributed by atoms with Crippen molar-refractivity contribution in [2.75, 3.05) is 23.5 Å². The smallest absolute Gasteiger partial charge is 0.255 e. The lowest BCUT2D eigenvalue weighted by Crippen LogP contribution is -2.15.